The highest BCUT2D eigenvalue weighted by atomic mass is 16.5. The molecule has 0 radical (unpaired) electrons. The fourth-order valence-corrected chi connectivity index (χ4v) is 2.21. The second-order valence-electron chi connectivity index (χ2n) is 5.82. The molecule has 0 aliphatic carbocycles. The van der Waals surface area contributed by atoms with Crippen molar-refractivity contribution >= 4 is 17.4 Å². The van der Waals surface area contributed by atoms with Crippen LogP contribution in [0.25, 0.3) is 0 Å². The molecule has 0 aliphatic rings. The van der Waals surface area contributed by atoms with Crippen LogP contribution in [0.2, 0.25) is 0 Å². The van der Waals surface area contributed by atoms with Gasteiger partial charge in [-0.2, -0.15) is 0 Å². The molecule has 1 aromatic rings. The van der Waals surface area contributed by atoms with E-state index < -0.39 is 6.03 Å². The number of anilines is 1. The van der Waals surface area contributed by atoms with E-state index in [9.17, 15) is 4.79 Å². The average Bonchev–Trinajstić information content (AvgIpc) is 2.59. The zero-order valence-electron chi connectivity index (χ0n) is 16.1. The summed E-state index contributed by atoms with van der Waals surface area (Å²) in [5.74, 6) is 6.15. The van der Waals surface area contributed by atoms with Crippen LogP contribution in [0.1, 0.15) is 31.9 Å². The number of aryl methyl sites for hydroxylation is 1. The van der Waals surface area contributed by atoms with Crippen molar-refractivity contribution in [2.75, 3.05) is 12.4 Å². The number of hydrazine groups is 1. The predicted octanol–water partition coefficient (Wildman–Crippen LogP) is 4.29. The van der Waals surface area contributed by atoms with E-state index in [2.05, 4.69) is 5.32 Å². The number of carbonyl (C=O) groups excluding carboxylic acids is 1. The third-order valence-corrected chi connectivity index (χ3v) is 3.81. The van der Waals surface area contributed by atoms with Crippen LogP contribution in [-0.4, -0.2) is 23.8 Å². The van der Waals surface area contributed by atoms with Crippen LogP contribution in [-0.2, 0) is 11.3 Å². The van der Waals surface area contributed by atoms with Crippen molar-refractivity contribution in [2.45, 2.75) is 34.3 Å². The zero-order valence-corrected chi connectivity index (χ0v) is 16.1. The molecule has 4 N–H and O–H groups in total. The highest BCUT2D eigenvalue weighted by Gasteiger charge is 2.11. The van der Waals surface area contributed by atoms with Gasteiger partial charge in [0.1, 0.15) is 12.4 Å². The lowest BCUT2D eigenvalue weighted by Crippen LogP contribution is -2.37. The van der Waals surface area contributed by atoms with Crippen molar-refractivity contribution in [2.24, 2.45) is 5.84 Å². The Kier molecular flexibility index (Phi) is 8.31. The molecule has 0 fully saturated rings. The summed E-state index contributed by atoms with van der Waals surface area (Å²) in [5, 5.41) is 11.5. The molecule has 0 saturated heterocycles. The number of ether oxygens (including phenoxy) is 1. The topological polar surface area (TPSA) is 91.4 Å². The Morgan fingerprint density at radius 3 is 2.54 bits per heavy atom. The third kappa shape index (κ3) is 6.22. The number of rotatable bonds is 7. The summed E-state index contributed by atoms with van der Waals surface area (Å²) in [5.41, 5.74) is 3.88. The van der Waals surface area contributed by atoms with E-state index in [0.717, 1.165) is 21.7 Å². The number of urea groups is 1. The van der Waals surface area contributed by atoms with Gasteiger partial charge in [-0.05, 0) is 63.1 Å². The van der Waals surface area contributed by atoms with E-state index in [1.807, 2.05) is 63.3 Å². The maximum absolute atomic E-state index is 11.8. The van der Waals surface area contributed by atoms with Crippen LogP contribution in [0.4, 0.5) is 10.5 Å². The standard InChI is InChI=1S/C20H28N4O2/c1-6-16(15(4)21)11-12-17(7-2)26-13-18-14(3)9-8-10-19(18)23-20(25)24(5)22/h6-12,21H,13,22H2,1-5H3,(H,23,25)/b12-11-,16-6+,17-7-,21-15?. The Labute approximate surface area is 155 Å². The third-order valence-electron chi connectivity index (χ3n) is 3.81. The fraction of sp³-hybridized carbons (Fsp3) is 0.300. The minimum atomic E-state index is -0.401. The second kappa shape index (κ2) is 10.2. The Hall–Kier alpha value is -2.86. The first-order valence-electron chi connectivity index (χ1n) is 8.37. The average molecular weight is 356 g/mol. The summed E-state index contributed by atoms with van der Waals surface area (Å²) >= 11 is 0. The lowest BCUT2D eigenvalue weighted by Gasteiger charge is -2.17. The summed E-state index contributed by atoms with van der Waals surface area (Å²) in [6.45, 7) is 7.78. The van der Waals surface area contributed by atoms with Crippen LogP contribution < -0.4 is 11.2 Å². The summed E-state index contributed by atoms with van der Waals surface area (Å²) in [4.78, 5) is 11.8. The summed E-state index contributed by atoms with van der Waals surface area (Å²) in [7, 11) is 1.48. The number of nitrogens with one attached hydrogen (secondary N) is 2. The van der Waals surface area contributed by atoms with Crippen molar-refractivity contribution < 1.29 is 9.53 Å². The molecule has 1 aromatic carbocycles. The van der Waals surface area contributed by atoms with E-state index >= 15 is 0 Å². The van der Waals surface area contributed by atoms with Gasteiger partial charge in [0.25, 0.3) is 0 Å². The Morgan fingerprint density at radius 1 is 1.31 bits per heavy atom. The maximum atomic E-state index is 11.8. The molecule has 1 rings (SSSR count). The molecule has 0 atom stereocenters. The molecule has 0 heterocycles. The Bertz CT molecular complexity index is 746. The molecule has 26 heavy (non-hydrogen) atoms. The molecule has 0 saturated carbocycles. The van der Waals surface area contributed by atoms with Gasteiger partial charge in [-0.15, -0.1) is 0 Å². The molecule has 6 nitrogen and oxygen atoms in total. The van der Waals surface area contributed by atoms with Crippen LogP contribution in [0, 0.1) is 12.3 Å². The van der Waals surface area contributed by atoms with Gasteiger partial charge in [-0.25, -0.2) is 10.6 Å². The molecule has 0 aliphatic heterocycles. The van der Waals surface area contributed by atoms with Gasteiger partial charge in [0.05, 0.1) is 0 Å². The molecular weight excluding hydrogens is 328 g/mol. The Balaban J connectivity index is 2.93. The van der Waals surface area contributed by atoms with Gasteiger partial charge in [-0.1, -0.05) is 18.2 Å². The number of nitrogens with zero attached hydrogens (tertiary/aromatic N) is 1. The molecule has 2 amide bonds. The number of hydrogen-bond donors (Lipinski definition) is 3. The van der Waals surface area contributed by atoms with Crippen molar-refractivity contribution in [3.05, 3.63) is 65.0 Å². The predicted molar refractivity (Wildman–Crippen MR) is 107 cm³/mol. The molecule has 6 heteroatoms. The number of amides is 2. The SMILES string of the molecule is C/C=C(/C=C\C(=C/C)C(C)=N)OCc1c(C)cccc1NC(=O)N(C)N. The number of hydrogen-bond acceptors (Lipinski definition) is 4. The van der Waals surface area contributed by atoms with Crippen LogP contribution in [0.3, 0.4) is 0 Å². The Morgan fingerprint density at radius 2 is 2.00 bits per heavy atom. The quantitative estimate of drug-likeness (QED) is 0.170. The molecule has 0 unspecified atom stereocenters. The first-order chi connectivity index (χ1) is 12.3. The lowest BCUT2D eigenvalue weighted by atomic mass is 10.1. The van der Waals surface area contributed by atoms with E-state index in [1.165, 1.54) is 7.05 Å². The summed E-state index contributed by atoms with van der Waals surface area (Å²) in [6.07, 6.45) is 7.41. The monoisotopic (exact) mass is 356 g/mol. The summed E-state index contributed by atoms with van der Waals surface area (Å²) < 4.78 is 5.90. The highest BCUT2D eigenvalue weighted by molar-refractivity contribution is 5.98. The smallest absolute Gasteiger partial charge is 0.335 e. The van der Waals surface area contributed by atoms with Crippen molar-refractivity contribution in [1.29, 1.82) is 5.41 Å². The van der Waals surface area contributed by atoms with E-state index in [-0.39, 0.29) is 0 Å². The van der Waals surface area contributed by atoms with Gasteiger partial charge in [-0.3, -0.25) is 5.01 Å². The van der Waals surface area contributed by atoms with Gasteiger partial charge < -0.3 is 15.5 Å². The number of nitrogens with two attached hydrogens (primary N) is 1. The molecule has 140 valence electrons. The number of carbonyl (C=O) groups is 1. The van der Waals surface area contributed by atoms with Gasteiger partial charge in [0.2, 0.25) is 0 Å². The summed E-state index contributed by atoms with van der Waals surface area (Å²) in [6, 6.07) is 5.24. The van der Waals surface area contributed by atoms with Crippen molar-refractivity contribution in [3.63, 3.8) is 0 Å². The van der Waals surface area contributed by atoms with E-state index in [0.29, 0.717) is 23.8 Å². The van der Waals surface area contributed by atoms with Crippen molar-refractivity contribution in [1.82, 2.24) is 5.01 Å². The molecular formula is C20H28N4O2. The minimum Gasteiger partial charge on any atom is -0.489 e. The first-order valence-corrected chi connectivity index (χ1v) is 8.37. The highest BCUT2D eigenvalue weighted by Crippen LogP contribution is 2.22. The minimum absolute atomic E-state index is 0.301. The van der Waals surface area contributed by atoms with Crippen LogP contribution in [0.15, 0.2) is 53.8 Å². The van der Waals surface area contributed by atoms with Gasteiger partial charge in [0.15, 0.2) is 0 Å². The first kappa shape index (κ1) is 21.2. The number of allylic oxidation sites excluding steroid dienone is 5. The van der Waals surface area contributed by atoms with E-state index in [4.69, 9.17) is 16.0 Å². The lowest BCUT2D eigenvalue weighted by molar-refractivity contribution is 0.210. The molecule has 0 spiro atoms. The molecule has 0 aromatic heterocycles. The van der Waals surface area contributed by atoms with Gasteiger partial charge in [0, 0.05) is 24.0 Å². The largest absolute Gasteiger partial charge is 0.489 e. The number of benzene rings is 1. The maximum Gasteiger partial charge on any atom is 0.335 e. The second-order valence-corrected chi connectivity index (χ2v) is 5.82. The zero-order chi connectivity index (χ0) is 19.7. The van der Waals surface area contributed by atoms with Crippen LogP contribution in [0.5, 0.6) is 0 Å². The fourth-order valence-electron chi connectivity index (χ4n) is 2.21. The molecule has 0 bridgehead atoms. The van der Waals surface area contributed by atoms with Gasteiger partial charge >= 0.3 is 6.03 Å². The normalized spacial score (nSPS) is 12.2. The van der Waals surface area contributed by atoms with E-state index in [1.54, 1.807) is 6.92 Å². The van der Waals surface area contributed by atoms with Crippen LogP contribution >= 0.6 is 0 Å². The van der Waals surface area contributed by atoms with Crippen molar-refractivity contribution in [3.8, 4) is 0 Å².